The van der Waals surface area contributed by atoms with E-state index in [1.54, 1.807) is 0 Å². The highest BCUT2D eigenvalue weighted by atomic mass is 16.2. The number of carbonyl (C=O) groups is 2. The largest absolute Gasteiger partial charge is 0.350 e. The molecule has 0 fully saturated rings. The van der Waals surface area contributed by atoms with Crippen molar-refractivity contribution in [2.75, 3.05) is 0 Å². The van der Waals surface area contributed by atoms with Gasteiger partial charge in [-0.2, -0.15) is 0 Å². The lowest BCUT2D eigenvalue weighted by Gasteiger charge is -2.10. The summed E-state index contributed by atoms with van der Waals surface area (Å²) >= 11 is 0. The maximum atomic E-state index is 12.5. The number of ketones is 1. The molecule has 21 heavy (non-hydrogen) atoms. The third-order valence-corrected chi connectivity index (χ3v) is 3.70. The Labute approximate surface area is 126 Å². The second-order valence-electron chi connectivity index (χ2n) is 5.81. The van der Waals surface area contributed by atoms with E-state index in [9.17, 15) is 9.59 Å². The van der Waals surface area contributed by atoms with E-state index >= 15 is 0 Å². The summed E-state index contributed by atoms with van der Waals surface area (Å²) in [5.74, 6) is -0.368. The minimum absolute atomic E-state index is 0.0263. The van der Waals surface area contributed by atoms with E-state index in [2.05, 4.69) is 12.2 Å². The van der Waals surface area contributed by atoms with Gasteiger partial charge in [0.2, 0.25) is 0 Å². The summed E-state index contributed by atoms with van der Waals surface area (Å²) in [6, 6.07) is 7.56. The van der Waals surface area contributed by atoms with Crippen LogP contribution in [0.3, 0.4) is 0 Å². The molecule has 0 aliphatic heterocycles. The molecule has 1 N–H and O–H groups in total. The molecule has 1 amide bonds. The van der Waals surface area contributed by atoms with Crippen LogP contribution in [0.2, 0.25) is 0 Å². The van der Waals surface area contributed by atoms with Crippen molar-refractivity contribution in [3.05, 3.63) is 41.0 Å². The highest BCUT2D eigenvalue weighted by Gasteiger charge is 2.33. The molecule has 0 heterocycles. The molecule has 3 nitrogen and oxygen atoms in total. The first-order valence-electron chi connectivity index (χ1n) is 7.74. The molecule has 0 bridgehead atoms. The molecule has 112 valence electrons. The van der Waals surface area contributed by atoms with Gasteiger partial charge in [-0.1, -0.05) is 44.0 Å². The maximum absolute atomic E-state index is 12.5. The predicted molar refractivity (Wildman–Crippen MR) is 85.1 cm³/mol. The molecule has 3 heteroatoms. The van der Waals surface area contributed by atoms with Gasteiger partial charge in [0.15, 0.2) is 5.78 Å². The molecule has 0 radical (unpaired) electrons. The summed E-state index contributed by atoms with van der Waals surface area (Å²) in [5, 5.41) is 2.85. The van der Waals surface area contributed by atoms with E-state index in [4.69, 9.17) is 0 Å². The van der Waals surface area contributed by atoms with Crippen molar-refractivity contribution < 1.29 is 9.59 Å². The van der Waals surface area contributed by atoms with Crippen LogP contribution in [0.5, 0.6) is 0 Å². The Morgan fingerprint density at radius 1 is 1.14 bits per heavy atom. The summed E-state index contributed by atoms with van der Waals surface area (Å²) in [7, 11) is 0. The molecule has 0 unspecified atom stereocenters. The highest BCUT2D eigenvalue weighted by molar-refractivity contribution is 6.34. The molecule has 0 saturated heterocycles. The zero-order valence-corrected chi connectivity index (χ0v) is 13.0. The smallest absolute Gasteiger partial charge is 0.255 e. The van der Waals surface area contributed by atoms with E-state index < -0.39 is 0 Å². The van der Waals surface area contributed by atoms with Crippen molar-refractivity contribution in [3.63, 3.8) is 0 Å². The molecule has 0 spiro atoms. The van der Waals surface area contributed by atoms with Gasteiger partial charge in [-0.05, 0) is 37.8 Å². The zero-order chi connectivity index (χ0) is 15.4. The van der Waals surface area contributed by atoms with Crippen molar-refractivity contribution in [3.8, 4) is 0 Å². The Morgan fingerprint density at radius 3 is 2.43 bits per heavy atom. The van der Waals surface area contributed by atoms with Crippen LogP contribution in [0.15, 0.2) is 29.8 Å². The molecule has 1 aromatic rings. The van der Waals surface area contributed by atoms with Crippen LogP contribution in [-0.4, -0.2) is 17.7 Å². The van der Waals surface area contributed by atoms with E-state index in [1.807, 2.05) is 38.1 Å². The van der Waals surface area contributed by atoms with Crippen molar-refractivity contribution >= 4 is 17.3 Å². The fourth-order valence-electron chi connectivity index (χ4n) is 2.74. The third kappa shape index (κ3) is 3.23. The number of hydrogen-bond acceptors (Lipinski definition) is 2. The molecule has 0 aromatic heterocycles. The van der Waals surface area contributed by atoms with Crippen LogP contribution in [-0.2, 0) is 4.79 Å². The number of amides is 1. The number of rotatable bonds is 6. The Bertz CT molecular complexity index is 585. The van der Waals surface area contributed by atoms with Gasteiger partial charge in [-0.15, -0.1) is 0 Å². The Balaban J connectivity index is 2.37. The third-order valence-electron chi connectivity index (χ3n) is 3.70. The van der Waals surface area contributed by atoms with E-state index in [-0.39, 0.29) is 17.7 Å². The number of carbonyl (C=O) groups excluding carboxylic acids is 2. The SMILES string of the molecule is CCCCCC1=C(C(=O)NC(C)C)C(=O)c2ccccc21. The molecule has 1 aliphatic rings. The normalized spacial score (nSPS) is 13.8. The van der Waals surface area contributed by atoms with Crippen molar-refractivity contribution in [2.45, 2.75) is 52.5 Å². The van der Waals surface area contributed by atoms with Gasteiger partial charge in [0, 0.05) is 11.6 Å². The van der Waals surface area contributed by atoms with Gasteiger partial charge < -0.3 is 5.32 Å². The van der Waals surface area contributed by atoms with Gasteiger partial charge in [0.25, 0.3) is 5.91 Å². The number of hydrogen-bond donors (Lipinski definition) is 1. The maximum Gasteiger partial charge on any atom is 0.255 e. The lowest BCUT2D eigenvalue weighted by atomic mass is 9.99. The average Bonchev–Trinajstić information content (AvgIpc) is 2.72. The highest BCUT2D eigenvalue weighted by Crippen LogP contribution is 2.36. The summed E-state index contributed by atoms with van der Waals surface area (Å²) < 4.78 is 0. The fourth-order valence-corrected chi connectivity index (χ4v) is 2.74. The Morgan fingerprint density at radius 2 is 1.81 bits per heavy atom. The van der Waals surface area contributed by atoms with Crippen LogP contribution in [0.25, 0.3) is 5.57 Å². The van der Waals surface area contributed by atoms with Crippen molar-refractivity contribution in [1.29, 1.82) is 0 Å². The monoisotopic (exact) mass is 285 g/mol. The van der Waals surface area contributed by atoms with Gasteiger partial charge in [0.05, 0.1) is 5.57 Å². The van der Waals surface area contributed by atoms with Gasteiger partial charge in [-0.25, -0.2) is 0 Å². The number of nitrogens with one attached hydrogen (secondary N) is 1. The quantitative estimate of drug-likeness (QED) is 0.639. The molecule has 1 aliphatic carbocycles. The Kier molecular flexibility index (Phi) is 4.94. The second kappa shape index (κ2) is 6.70. The van der Waals surface area contributed by atoms with Crippen LogP contribution >= 0.6 is 0 Å². The minimum Gasteiger partial charge on any atom is -0.350 e. The minimum atomic E-state index is -0.238. The fraction of sp³-hybridized carbons (Fsp3) is 0.444. The molecule has 0 atom stereocenters. The molecular formula is C18H23NO2. The first kappa shape index (κ1) is 15.5. The Hall–Kier alpha value is -1.90. The molecular weight excluding hydrogens is 262 g/mol. The average molecular weight is 285 g/mol. The summed E-state index contributed by atoms with van der Waals surface area (Å²) in [6.45, 7) is 5.96. The molecule has 2 rings (SSSR count). The number of fused-ring (bicyclic) bond motifs is 1. The standard InChI is InChI=1S/C18H23NO2/c1-4-5-6-10-14-13-9-7-8-11-15(13)17(20)16(14)18(21)19-12(2)3/h7-9,11-12H,4-6,10H2,1-3H3,(H,19,21). The number of unbranched alkanes of at least 4 members (excludes halogenated alkanes) is 2. The summed E-state index contributed by atoms with van der Waals surface area (Å²) in [4.78, 5) is 24.9. The van der Waals surface area contributed by atoms with Gasteiger partial charge in [-0.3, -0.25) is 9.59 Å². The predicted octanol–water partition coefficient (Wildman–Crippen LogP) is 3.74. The lowest BCUT2D eigenvalue weighted by Crippen LogP contribution is -2.33. The lowest BCUT2D eigenvalue weighted by molar-refractivity contribution is -0.117. The number of allylic oxidation sites excluding steroid dienone is 1. The van der Waals surface area contributed by atoms with E-state index in [1.165, 1.54) is 0 Å². The van der Waals surface area contributed by atoms with Crippen LogP contribution < -0.4 is 5.32 Å². The topological polar surface area (TPSA) is 46.2 Å². The van der Waals surface area contributed by atoms with Crippen LogP contribution in [0.1, 0.15) is 62.4 Å². The van der Waals surface area contributed by atoms with Crippen molar-refractivity contribution in [2.24, 2.45) is 0 Å². The van der Waals surface area contributed by atoms with Crippen LogP contribution in [0.4, 0.5) is 0 Å². The van der Waals surface area contributed by atoms with E-state index in [0.717, 1.165) is 36.8 Å². The molecule has 0 saturated carbocycles. The number of Topliss-reactive ketones (excluding diaryl/α,β-unsaturated/α-hetero) is 1. The summed E-state index contributed by atoms with van der Waals surface area (Å²) in [6.07, 6.45) is 4.03. The van der Waals surface area contributed by atoms with Gasteiger partial charge >= 0.3 is 0 Å². The van der Waals surface area contributed by atoms with Gasteiger partial charge in [0.1, 0.15) is 0 Å². The van der Waals surface area contributed by atoms with Crippen molar-refractivity contribution in [1.82, 2.24) is 5.32 Å². The summed E-state index contributed by atoms with van der Waals surface area (Å²) in [5.41, 5.74) is 2.87. The molecule has 1 aromatic carbocycles. The first-order valence-corrected chi connectivity index (χ1v) is 7.74. The second-order valence-corrected chi connectivity index (χ2v) is 5.81. The number of benzene rings is 1. The first-order chi connectivity index (χ1) is 10.1. The van der Waals surface area contributed by atoms with Crippen LogP contribution in [0, 0.1) is 0 Å². The zero-order valence-electron chi connectivity index (χ0n) is 13.0. The van der Waals surface area contributed by atoms with E-state index in [0.29, 0.717) is 11.1 Å².